The van der Waals surface area contributed by atoms with Crippen LogP contribution in [0.15, 0.2) is 127 Å². The first-order chi connectivity index (χ1) is 17.2. The molecule has 0 aliphatic heterocycles. The van der Waals surface area contributed by atoms with Crippen LogP contribution in [-0.2, 0) is 0 Å². The van der Waals surface area contributed by atoms with Gasteiger partial charge in [-0.05, 0) is 59.7 Å². The highest BCUT2D eigenvalue weighted by Gasteiger charge is 2.04. The number of hydrogen-bond donors (Lipinski definition) is 0. The van der Waals surface area contributed by atoms with E-state index in [1.807, 2.05) is 103 Å². The maximum Gasteiger partial charge on any atom is 0.269 e. The standard InChI is InChI=1S/C32H21NO2/c34-33(35)32-22-19-28(20-23-32)24-29(17-16-26-10-4-1-5-11-26)25-31(30-14-8-3-9-15-30)21-18-27-12-6-2-7-13-27/h1-15,19-20,22-25H/b29-24-,31-25+. The molecule has 0 saturated carbocycles. The van der Waals surface area contributed by atoms with Crippen molar-refractivity contribution in [1.82, 2.24) is 0 Å². The Morgan fingerprint density at radius 2 is 1.17 bits per heavy atom. The lowest BCUT2D eigenvalue weighted by Crippen LogP contribution is -1.87. The van der Waals surface area contributed by atoms with Gasteiger partial charge < -0.3 is 0 Å². The smallest absolute Gasteiger partial charge is 0.258 e. The SMILES string of the molecule is O=[N+]([O-])c1ccc(/C=C(C#Cc2ccccc2)\C=C(/C#Cc2ccccc2)c2ccccc2)cc1. The molecule has 3 nitrogen and oxygen atoms in total. The summed E-state index contributed by atoms with van der Waals surface area (Å²) < 4.78 is 0. The third-order valence-corrected chi connectivity index (χ3v) is 5.05. The Kier molecular flexibility index (Phi) is 7.68. The van der Waals surface area contributed by atoms with Crippen LogP contribution < -0.4 is 0 Å². The number of hydrogen-bond acceptors (Lipinski definition) is 2. The number of benzene rings is 4. The van der Waals surface area contributed by atoms with E-state index in [-0.39, 0.29) is 5.69 Å². The quantitative estimate of drug-likeness (QED) is 0.143. The molecule has 0 atom stereocenters. The predicted molar refractivity (Wildman–Crippen MR) is 142 cm³/mol. The molecule has 0 aliphatic rings. The van der Waals surface area contributed by atoms with Crippen LogP contribution in [0.3, 0.4) is 0 Å². The molecule has 0 saturated heterocycles. The summed E-state index contributed by atoms with van der Waals surface area (Å²) in [5.74, 6) is 13.0. The van der Waals surface area contributed by atoms with E-state index in [2.05, 4.69) is 23.7 Å². The van der Waals surface area contributed by atoms with Gasteiger partial charge in [-0.3, -0.25) is 10.1 Å². The van der Waals surface area contributed by atoms with Crippen molar-refractivity contribution in [3.05, 3.63) is 159 Å². The molecular formula is C32H21NO2. The molecule has 0 aliphatic carbocycles. The highest BCUT2D eigenvalue weighted by Crippen LogP contribution is 2.19. The van der Waals surface area contributed by atoms with Crippen LogP contribution in [0.25, 0.3) is 11.6 Å². The third-order valence-electron chi connectivity index (χ3n) is 5.05. The number of allylic oxidation sites excluding steroid dienone is 3. The average Bonchev–Trinajstić information content (AvgIpc) is 2.91. The van der Waals surface area contributed by atoms with Crippen LogP contribution in [0, 0.1) is 33.8 Å². The largest absolute Gasteiger partial charge is 0.269 e. The minimum absolute atomic E-state index is 0.0494. The molecule has 4 rings (SSSR count). The second kappa shape index (κ2) is 11.7. The first-order valence-corrected chi connectivity index (χ1v) is 11.0. The first kappa shape index (κ1) is 23.1. The molecule has 0 bridgehead atoms. The monoisotopic (exact) mass is 451 g/mol. The summed E-state index contributed by atoms with van der Waals surface area (Å²) in [7, 11) is 0. The van der Waals surface area contributed by atoms with Gasteiger partial charge in [0.1, 0.15) is 0 Å². The van der Waals surface area contributed by atoms with Gasteiger partial charge in [-0.2, -0.15) is 0 Å². The average molecular weight is 452 g/mol. The predicted octanol–water partition coefficient (Wildman–Crippen LogP) is 7.17. The van der Waals surface area contributed by atoms with Gasteiger partial charge in [0, 0.05) is 34.4 Å². The minimum Gasteiger partial charge on any atom is -0.258 e. The van der Waals surface area contributed by atoms with Crippen LogP contribution in [0.2, 0.25) is 0 Å². The van der Waals surface area contributed by atoms with E-state index in [1.54, 1.807) is 12.1 Å². The number of nitro benzene ring substituents is 1. The van der Waals surface area contributed by atoms with E-state index in [0.717, 1.165) is 33.4 Å². The molecule has 0 aromatic heterocycles. The van der Waals surface area contributed by atoms with Gasteiger partial charge in [0.15, 0.2) is 0 Å². The zero-order chi connectivity index (χ0) is 24.3. The van der Waals surface area contributed by atoms with Crippen molar-refractivity contribution in [3.8, 4) is 23.7 Å². The normalized spacial score (nSPS) is 11.0. The fraction of sp³-hybridized carbons (Fsp3) is 0. The fourth-order valence-corrected chi connectivity index (χ4v) is 3.28. The Bertz CT molecular complexity index is 1480. The zero-order valence-corrected chi connectivity index (χ0v) is 18.9. The molecule has 0 spiro atoms. The lowest BCUT2D eigenvalue weighted by atomic mass is 10.0. The molecule has 0 amide bonds. The minimum atomic E-state index is -0.407. The summed E-state index contributed by atoms with van der Waals surface area (Å²) in [6.45, 7) is 0. The summed E-state index contributed by atoms with van der Waals surface area (Å²) in [5.41, 5.74) is 5.22. The second-order valence-corrected chi connectivity index (χ2v) is 7.60. The first-order valence-electron chi connectivity index (χ1n) is 11.0. The summed E-state index contributed by atoms with van der Waals surface area (Å²) in [5, 5.41) is 11.0. The Morgan fingerprint density at radius 3 is 1.71 bits per heavy atom. The number of nitro groups is 1. The van der Waals surface area contributed by atoms with Gasteiger partial charge in [0.05, 0.1) is 4.92 Å². The van der Waals surface area contributed by atoms with Gasteiger partial charge in [0.25, 0.3) is 5.69 Å². The third kappa shape index (κ3) is 6.93. The van der Waals surface area contributed by atoms with Gasteiger partial charge in [-0.1, -0.05) is 90.4 Å². The van der Waals surface area contributed by atoms with E-state index in [4.69, 9.17) is 0 Å². The summed E-state index contributed by atoms with van der Waals surface area (Å²) in [4.78, 5) is 10.6. The maximum absolute atomic E-state index is 11.0. The van der Waals surface area contributed by atoms with Crippen LogP contribution in [0.4, 0.5) is 5.69 Å². The molecule has 35 heavy (non-hydrogen) atoms. The van der Waals surface area contributed by atoms with E-state index in [0.29, 0.717) is 0 Å². The highest BCUT2D eigenvalue weighted by molar-refractivity contribution is 5.84. The lowest BCUT2D eigenvalue weighted by molar-refractivity contribution is -0.384. The summed E-state index contributed by atoms with van der Waals surface area (Å²) >= 11 is 0. The molecule has 0 heterocycles. The molecule has 4 aromatic rings. The Labute approximate surface area is 205 Å². The van der Waals surface area contributed by atoms with Crippen molar-refractivity contribution >= 4 is 17.3 Å². The van der Waals surface area contributed by atoms with Crippen molar-refractivity contribution in [2.75, 3.05) is 0 Å². The molecule has 3 heteroatoms. The topological polar surface area (TPSA) is 43.1 Å². The Morgan fingerprint density at radius 1 is 0.657 bits per heavy atom. The Balaban J connectivity index is 1.81. The van der Waals surface area contributed by atoms with Gasteiger partial charge in [-0.25, -0.2) is 0 Å². The number of rotatable bonds is 4. The molecular weight excluding hydrogens is 430 g/mol. The van der Waals surface area contributed by atoms with E-state index >= 15 is 0 Å². The van der Waals surface area contributed by atoms with Gasteiger partial charge in [0.2, 0.25) is 0 Å². The molecule has 4 aromatic carbocycles. The number of nitrogens with zero attached hydrogens (tertiary/aromatic N) is 1. The maximum atomic E-state index is 11.0. The van der Waals surface area contributed by atoms with E-state index in [1.165, 1.54) is 12.1 Å². The molecule has 0 N–H and O–H groups in total. The molecule has 166 valence electrons. The van der Waals surface area contributed by atoms with Crippen molar-refractivity contribution in [1.29, 1.82) is 0 Å². The van der Waals surface area contributed by atoms with E-state index in [9.17, 15) is 10.1 Å². The highest BCUT2D eigenvalue weighted by atomic mass is 16.6. The van der Waals surface area contributed by atoms with Crippen LogP contribution >= 0.6 is 0 Å². The van der Waals surface area contributed by atoms with Crippen LogP contribution in [0.5, 0.6) is 0 Å². The molecule has 0 unspecified atom stereocenters. The van der Waals surface area contributed by atoms with Crippen LogP contribution in [-0.4, -0.2) is 4.92 Å². The summed E-state index contributed by atoms with van der Waals surface area (Å²) in [6, 6.07) is 35.9. The summed E-state index contributed by atoms with van der Waals surface area (Å²) in [6.07, 6.45) is 3.87. The van der Waals surface area contributed by atoms with Gasteiger partial charge >= 0.3 is 0 Å². The van der Waals surface area contributed by atoms with E-state index < -0.39 is 4.92 Å². The zero-order valence-electron chi connectivity index (χ0n) is 18.9. The fourth-order valence-electron chi connectivity index (χ4n) is 3.28. The van der Waals surface area contributed by atoms with Crippen molar-refractivity contribution in [3.63, 3.8) is 0 Å². The number of non-ortho nitro benzene ring substituents is 1. The van der Waals surface area contributed by atoms with Crippen molar-refractivity contribution < 1.29 is 4.92 Å². The van der Waals surface area contributed by atoms with Gasteiger partial charge in [-0.15, -0.1) is 0 Å². The lowest BCUT2D eigenvalue weighted by Gasteiger charge is -2.02. The molecule has 0 fully saturated rings. The van der Waals surface area contributed by atoms with Crippen molar-refractivity contribution in [2.45, 2.75) is 0 Å². The van der Waals surface area contributed by atoms with Crippen molar-refractivity contribution in [2.24, 2.45) is 0 Å². The Hall–Kier alpha value is -5.12. The second-order valence-electron chi connectivity index (χ2n) is 7.60. The molecule has 0 radical (unpaired) electrons. The van der Waals surface area contributed by atoms with Crippen LogP contribution in [0.1, 0.15) is 22.3 Å².